The van der Waals surface area contributed by atoms with Crippen LogP contribution in [0.4, 0.5) is 5.69 Å². The Morgan fingerprint density at radius 2 is 1.78 bits per heavy atom. The van der Waals surface area contributed by atoms with Crippen LogP contribution in [0.2, 0.25) is 5.02 Å². The number of ether oxygens (including phenoxy) is 2. The number of halogens is 1. The van der Waals surface area contributed by atoms with Crippen molar-refractivity contribution in [1.82, 2.24) is 9.71 Å². The zero-order valence-electron chi connectivity index (χ0n) is 17.6. The molecule has 168 valence electrons. The number of amides is 1. The number of aromatic nitrogens is 1. The highest BCUT2D eigenvalue weighted by atomic mass is 35.5. The SMILES string of the molecule is COc1cc(C)ccc1Oc1ccc(NC(=O)[C@H](C)NS(=O)(=O)c2ccc(Cl)cc2)cn1. The summed E-state index contributed by atoms with van der Waals surface area (Å²) in [5.74, 6) is 0.846. The van der Waals surface area contributed by atoms with Crippen LogP contribution in [0.3, 0.4) is 0 Å². The highest BCUT2D eigenvalue weighted by Crippen LogP contribution is 2.31. The van der Waals surface area contributed by atoms with Gasteiger partial charge < -0.3 is 14.8 Å². The highest BCUT2D eigenvalue weighted by Gasteiger charge is 2.22. The third kappa shape index (κ3) is 5.97. The second-order valence-electron chi connectivity index (χ2n) is 6.93. The summed E-state index contributed by atoms with van der Waals surface area (Å²) in [7, 11) is -2.33. The Kier molecular flexibility index (Phi) is 7.34. The second-order valence-corrected chi connectivity index (χ2v) is 9.08. The molecule has 8 nitrogen and oxygen atoms in total. The van der Waals surface area contributed by atoms with Gasteiger partial charge in [0.25, 0.3) is 0 Å². The molecule has 1 atom stereocenters. The quantitative estimate of drug-likeness (QED) is 0.507. The third-order valence-electron chi connectivity index (χ3n) is 4.39. The molecular formula is C22H22ClN3O5S. The van der Waals surface area contributed by atoms with Crippen molar-refractivity contribution in [2.24, 2.45) is 0 Å². The molecule has 0 unspecified atom stereocenters. The predicted molar refractivity (Wildman–Crippen MR) is 122 cm³/mol. The van der Waals surface area contributed by atoms with E-state index in [0.717, 1.165) is 5.56 Å². The first-order chi connectivity index (χ1) is 15.2. The van der Waals surface area contributed by atoms with Gasteiger partial charge in [0.2, 0.25) is 21.8 Å². The Labute approximate surface area is 191 Å². The molecule has 2 N–H and O–H groups in total. The molecule has 0 fully saturated rings. The molecule has 0 spiro atoms. The minimum absolute atomic E-state index is 0.0104. The van der Waals surface area contributed by atoms with E-state index < -0.39 is 22.0 Å². The highest BCUT2D eigenvalue weighted by molar-refractivity contribution is 7.89. The molecule has 0 bridgehead atoms. The molecule has 0 aliphatic carbocycles. The van der Waals surface area contributed by atoms with E-state index in [-0.39, 0.29) is 4.90 Å². The van der Waals surface area contributed by atoms with Gasteiger partial charge in [0.1, 0.15) is 0 Å². The Hall–Kier alpha value is -3.14. The average molecular weight is 476 g/mol. The van der Waals surface area contributed by atoms with Crippen LogP contribution >= 0.6 is 11.6 Å². The Morgan fingerprint density at radius 1 is 1.06 bits per heavy atom. The van der Waals surface area contributed by atoms with Crippen molar-refractivity contribution >= 4 is 33.2 Å². The Bertz CT molecular complexity index is 1200. The molecule has 1 aromatic heterocycles. The summed E-state index contributed by atoms with van der Waals surface area (Å²) >= 11 is 5.79. The van der Waals surface area contributed by atoms with Gasteiger partial charge in [-0.2, -0.15) is 4.72 Å². The number of nitrogens with one attached hydrogen (secondary N) is 2. The lowest BCUT2D eigenvalue weighted by molar-refractivity contribution is -0.117. The first kappa shape index (κ1) is 23.5. The number of hydrogen-bond acceptors (Lipinski definition) is 6. The summed E-state index contributed by atoms with van der Waals surface area (Å²) in [4.78, 5) is 16.6. The number of pyridine rings is 1. The number of carbonyl (C=O) groups is 1. The summed E-state index contributed by atoms with van der Waals surface area (Å²) < 4.78 is 38.2. The maximum atomic E-state index is 12.4. The molecule has 10 heteroatoms. The van der Waals surface area contributed by atoms with Crippen molar-refractivity contribution in [3.63, 3.8) is 0 Å². The second kappa shape index (κ2) is 9.99. The lowest BCUT2D eigenvalue weighted by atomic mass is 10.2. The summed E-state index contributed by atoms with van der Waals surface area (Å²) in [5, 5.41) is 3.03. The summed E-state index contributed by atoms with van der Waals surface area (Å²) in [6.45, 7) is 3.38. The fourth-order valence-electron chi connectivity index (χ4n) is 2.70. The smallest absolute Gasteiger partial charge is 0.242 e. The normalized spacial score (nSPS) is 12.1. The van der Waals surface area contributed by atoms with Crippen LogP contribution in [0.15, 0.2) is 65.7 Å². The number of methoxy groups -OCH3 is 1. The standard InChI is InChI=1S/C22H22ClN3O5S/c1-14-4-10-19(20(12-14)30-3)31-21-11-7-17(13-24-21)25-22(27)15(2)26-32(28,29)18-8-5-16(23)6-9-18/h4-13,15,26H,1-3H3,(H,25,27)/t15-/m0/s1. The van der Waals surface area contributed by atoms with Gasteiger partial charge in [-0.05, 0) is 61.9 Å². The molecule has 0 aliphatic rings. The fraction of sp³-hybridized carbons (Fsp3) is 0.182. The van der Waals surface area contributed by atoms with E-state index in [1.54, 1.807) is 25.3 Å². The minimum atomic E-state index is -3.88. The van der Waals surface area contributed by atoms with Crippen LogP contribution in [0.1, 0.15) is 12.5 Å². The summed E-state index contributed by atoms with van der Waals surface area (Å²) in [6, 6.07) is 13.3. The molecule has 1 heterocycles. The van der Waals surface area contributed by atoms with E-state index in [4.69, 9.17) is 21.1 Å². The summed E-state index contributed by atoms with van der Waals surface area (Å²) in [6.07, 6.45) is 1.41. The molecule has 0 aliphatic heterocycles. The molecule has 0 radical (unpaired) electrons. The number of nitrogens with zero attached hydrogens (tertiary/aromatic N) is 1. The number of rotatable bonds is 8. The van der Waals surface area contributed by atoms with Crippen LogP contribution in [-0.2, 0) is 14.8 Å². The van der Waals surface area contributed by atoms with Gasteiger partial charge in [0.05, 0.1) is 29.9 Å². The number of carbonyl (C=O) groups excluding carboxylic acids is 1. The van der Waals surface area contributed by atoms with E-state index in [0.29, 0.717) is 28.1 Å². The Balaban J connectivity index is 1.62. The maximum absolute atomic E-state index is 12.4. The number of sulfonamides is 1. The van der Waals surface area contributed by atoms with Crippen LogP contribution in [0, 0.1) is 6.92 Å². The van der Waals surface area contributed by atoms with Gasteiger partial charge >= 0.3 is 0 Å². The predicted octanol–water partition coefficient (Wildman–Crippen LogP) is 4.15. The van der Waals surface area contributed by atoms with Crippen LogP contribution in [0.5, 0.6) is 17.4 Å². The zero-order chi connectivity index (χ0) is 23.3. The maximum Gasteiger partial charge on any atom is 0.242 e. The molecule has 32 heavy (non-hydrogen) atoms. The van der Waals surface area contributed by atoms with E-state index in [1.807, 2.05) is 19.1 Å². The Morgan fingerprint density at radius 3 is 2.41 bits per heavy atom. The zero-order valence-corrected chi connectivity index (χ0v) is 19.2. The van der Waals surface area contributed by atoms with Crippen molar-refractivity contribution in [3.8, 4) is 17.4 Å². The molecule has 1 amide bonds. The molecule has 3 rings (SSSR count). The van der Waals surface area contributed by atoms with Crippen molar-refractivity contribution < 1.29 is 22.7 Å². The van der Waals surface area contributed by atoms with E-state index in [1.165, 1.54) is 37.4 Å². The van der Waals surface area contributed by atoms with E-state index in [9.17, 15) is 13.2 Å². The average Bonchev–Trinajstić information content (AvgIpc) is 2.76. The molecular weight excluding hydrogens is 454 g/mol. The van der Waals surface area contributed by atoms with Crippen LogP contribution < -0.4 is 19.5 Å². The third-order valence-corrected chi connectivity index (χ3v) is 6.20. The first-order valence-corrected chi connectivity index (χ1v) is 11.4. The lowest BCUT2D eigenvalue weighted by Gasteiger charge is -2.15. The number of hydrogen-bond donors (Lipinski definition) is 2. The van der Waals surface area contributed by atoms with Crippen molar-refractivity contribution in [2.45, 2.75) is 24.8 Å². The van der Waals surface area contributed by atoms with Gasteiger partial charge in [-0.3, -0.25) is 4.79 Å². The van der Waals surface area contributed by atoms with E-state index in [2.05, 4.69) is 15.0 Å². The van der Waals surface area contributed by atoms with Gasteiger partial charge in [0.15, 0.2) is 11.5 Å². The monoisotopic (exact) mass is 475 g/mol. The molecule has 2 aromatic carbocycles. The number of benzene rings is 2. The van der Waals surface area contributed by atoms with Gasteiger partial charge in [0, 0.05) is 11.1 Å². The summed E-state index contributed by atoms with van der Waals surface area (Å²) in [5.41, 5.74) is 1.41. The van der Waals surface area contributed by atoms with Gasteiger partial charge in [-0.15, -0.1) is 0 Å². The van der Waals surface area contributed by atoms with E-state index >= 15 is 0 Å². The van der Waals surface area contributed by atoms with Crippen LogP contribution in [-0.4, -0.2) is 32.5 Å². The van der Waals surface area contributed by atoms with Gasteiger partial charge in [-0.1, -0.05) is 17.7 Å². The molecule has 0 saturated heterocycles. The topological polar surface area (TPSA) is 107 Å². The van der Waals surface area contributed by atoms with Crippen molar-refractivity contribution in [1.29, 1.82) is 0 Å². The van der Waals surface area contributed by atoms with Crippen molar-refractivity contribution in [2.75, 3.05) is 12.4 Å². The fourth-order valence-corrected chi connectivity index (χ4v) is 4.03. The first-order valence-electron chi connectivity index (χ1n) is 9.55. The molecule has 3 aromatic rings. The largest absolute Gasteiger partial charge is 0.493 e. The number of aryl methyl sites for hydroxylation is 1. The lowest BCUT2D eigenvalue weighted by Crippen LogP contribution is -2.41. The van der Waals surface area contributed by atoms with Crippen LogP contribution in [0.25, 0.3) is 0 Å². The van der Waals surface area contributed by atoms with Crippen molar-refractivity contribution in [3.05, 3.63) is 71.4 Å². The number of anilines is 1. The van der Waals surface area contributed by atoms with Gasteiger partial charge in [-0.25, -0.2) is 13.4 Å². The minimum Gasteiger partial charge on any atom is -0.493 e. The molecule has 0 saturated carbocycles.